The minimum atomic E-state index is -0.523. The number of aromatic nitrogens is 1. The summed E-state index contributed by atoms with van der Waals surface area (Å²) in [7, 11) is 0. The molecule has 0 saturated heterocycles. The van der Waals surface area contributed by atoms with Crippen LogP contribution in [0.1, 0.15) is 22.8 Å². The average molecular weight is 337 g/mol. The van der Waals surface area contributed by atoms with Gasteiger partial charge in [0.2, 0.25) is 0 Å². The molecule has 5 heteroatoms. The standard InChI is InChI=1S/C15H14BrFN2O/c1-2-19(10-11-6-8-18-9-7-11)15(20)12-4-3-5-13(16)14(12)17/h3-9H,2,10H2,1H3. The molecule has 20 heavy (non-hydrogen) atoms. The topological polar surface area (TPSA) is 33.2 Å². The SMILES string of the molecule is CCN(Cc1ccncc1)C(=O)c1cccc(Br)c1F. The van der Waals surface area contributed by atoms with Crippen molar-refractivity contribution in [3.05, 3.63) is 64.1 Å². The number of benzene rings is 1. The summed E-state index contributed by atoms with van der Waals surface area (Å²) in [4.78, 5) is 17.9. The molecule has 0 aliphatic rings. The summed E-state index contributed by atoms with van der Waals surface area (Å²) in [6.45, 7) is 2.81. The molecule has 1 heterocycles. The number of nitrogens with zero attached hydrogens (tertiary/aromatic N) is 2. The van der Waals surface area contributed by atoms with Crippen LogP contribution < -0.4 is 0 Å². The van der Waals surface area contributed by atoms with Crippen LogP contribution in [-0.2, 0) is 6.54 Å². The van der Waals surface area contributed by atoms with Gasteiger partial charge in [-0.05, 0) is 52.7 Å². The molecule has 0 spiro atoms. The molecule has 2 aromatic rings. The fraction of sp³-hybridized carbons (Fsp3) is 0.200. The van der Waals surface area contributed by atoms with Crippen molar-refractivity contribution >= 4 is 21.8 Å². The van der Waals surface area contributed by atoms with Crippen LogP contribution in [0.25, 0.3) is 0 Å². The Bertz CT molecular complexity index is 604. The maximum atomic E-state index is 14.0. The molecular formula is C15H14BrFN2O. The van der Waals surface area contributed by atoms with Crippen LogP contribution >= 0.6 is 15.9 Å². The first-order valence-corrected chi connectivity index (χ1v) is 7.05. The summed E-state index contributed by atoms with van der Waals surface area (Å²) >= 11 is 3.10. The van der Waals surface area contributed by atoms with Gasteiger partial charge in [-0.3, -0.25) is 9.78 Å². The van der Waals surface area contributed by atoms with E-state index in [9.17, 15) is 9.18 Å². The van der Waals surface area contributed by atoms with Crippen LogP contribution in [0.4, 0.5) is 4.39 Å². The zero-order valence-corrected chi connectivity index (χ0v) is 12.6. The highest BCUT2D eigenvalue weighted by atomic mass is 79.9. The first-order chi connectivity index (χ1) is 9.63. The number of carbonyl (C=O) groups is 1. The Kier molecular flexibility index (Phi) is 4.84. The second-order valence-corrected chi connectivity index (χ2v) is 5.13. The van der Waals surface area contributed by atoms with Gasteiger partial charge < -0.3 is 4.90 Å². The third-order valence-corrected chi connectivity index (χ3v) is 3.59. The molecule has 104 valence electrons. The fourth-order valence-electron chi connectivity index (χ4n) is 1.88. The van der Waals surface area contributed by atoms with E-state index < -0.39 is 5.82 Å². The number of pyridine rings is 1. The number of halogens is 2. The number of rotatable bonds is 4. The predicted octanol–water partition coefficient (Wildman–Crippen LogP) is 3.65. The molecule has 0 saturated carbocycles. The molecular weight excluding hydrogens is 323 g/mol. The summed E-state index contributed by atoms with van der Waals surface area (Å²) < 4.78 is 14.3. The van der Waals surface area contributed by atoms with Crippen LogP contribution in [0.5, 0.6) is 0 Å². The van der Waals surface area contributed by atoms with Crippen molar-refractivity contribution in [1.82, 2.24) is 9.88 Å². The summed E-state index contributed by atoms with van der Waals surface area (Å²) in [5.74, 6) is -0.839. The lowest BCUT2D eigenvalue weighted by Gasteiger charge is -2.21. The van der Waals surface area contributed by atoms with Crippen LogP contribution in [0, 0.1) is 5.82 Å². The van der Waals surface area contributed by atoms with E-state index in [1.807, 2.05) is 19.1 Å². The van der Waals surface area contributed by atoms with E-state index in [-0.39, 0.29) is 11.5 Å². The van der Waals surface area contributed by atoms with Gasteiger partial charge in [0.15, 0.2) is 0 Å². The Hall–Kier alpha value is -1.75. The predicted molar refractivity (Wildman–Crippen MR) is 78.8 cm³/mol. The second kappa shape index (κ2) is 6.61. The Morgan fingerprint density at radius 2 is 2.00 bits per heavy atom. The van der Waals surface area contributed by atoms with Gasteiger partial charge in [0.25, 0.3) is 5.91 Å². The molecule has 0 aliphatic heterocycles. The van der Waals surface area contributed by atoms with Gasteiger partial charge in [-0.15, -0.1) is 0 Å². The lowest BCUT2D eigenvalue weighted by atomic mass is 10.1. The van der Waals surface area contributed by atoms with E-state index in [0.717, 1.165) is 5.56 Å². The summed E-state index contributed by atoms with van der Waals surface area (Å²) in [5.41, 5.74) is 1.04. The van der Waals surface area contributed by atoms with E-state index in [0.29, 0.717) is 17.6 Å². The van der Waals surface area contributed by atoms with Crippen LogP contribution in [0.15, 0.2) is 47.2 Å². The Morgan fingerprint density at radius 1 is 1.30 bits per heavy atom. The number of amides is 1. The summed E-state index contributed by atoms with van der Waals surface area (Å²) in [6, 6.07) is 8.41. The molecule has 0 N–H and O–H groups in total. The smallest absolute Gasteiger partial charge is 0.257 e. The quantitative estimate of drug-likeness (QED) is 0.853. The molecule has 1 aromatic carbocycles. The van der Waals surface area contributed by atoms with Crippen LogP contribution in [-0.4, -0.2) is 22.3 Å². The zero-order chi connectivity index (χ0) is 14.5. The van der Waals surface area contributed by atoms with Gasteiger partial charge >= 0.3 is 0 Å². The van der Waals surface area contributed by atoms with Gasteiger partial charge in [0, 0.05) is 25.5 Å². The molecule has 0 radical (unpaired) electrons. The molecule has 0 aliphatic carbocycles. The van der Waals surface area contributed by atoms with Gasteiger partial charge in [-0.1, -0.05) is 6.07 Å². The largest absolute Gasteiger partial charge is 0.335 e. The molecule has 0 bridgehead atoms. The monoisotopic (exact) mass is 336 g/mol. The summed E-state index contributed by atoms with van der Waals surface area (Å²) in [6.07, 6.45) is 3.35. The Morgan fingerprint density at radius 3 is 2.65 bits per heavy atom. The van der Waals surface area contributed by atoms with Crippen molar-refractivity contribution in [3.63, 3.8) is 0 Å². The van der Waals surface area contributed by atoms with Crippen molar-refractivity contribution in [1.29, 1.82) is 0 Å². The molecule has 3 nitrogen and oxygen atoms in total. The third kappa shape index (κ3) is 3.22. The third-order valence-electron chi connectivity index (χ3n) is 2.97. The van der Waals surface area contributed by atoms with E-state index in [1.165, 1.54) is 6.07 Å². The van der Waals surface area contributed by atoms with Gasteiger partial charge in [-0.2, -0.15) is 0 Å². The summed E-state index contributed by atoms with van der Waals surface area (Å²) in [5, 5.41) is 0. The Labute approximate surface area is 125 Å². The van der Waals surface area contributed by atoms with Gasteiger partial charge in [-0.25, -0.2) is 4.39 Å². The molecule has 1 aromatic heterocycles. The van der Waals surface area contributed by atoms with Crippen molar-refractivity contribution < 1.29 is 9.18 Å². The number of hydrogen-bond donors (Lipinski definition) is 0. The maximum Gasteiger partial charge on any atom is 0.257 e. The normalized spacial score (nSPS) is 10.3. The lowest BCUT2D eigenvalue weighted by Crippen LogP contribution is -2.31. The zero-order valence-electron chi connectivity index (χ0n) is 11.0. The molecule has 0 fully saturated rings. The Balaban J connectivity index is 2.23. The first kappa shape index (κ1) is 14.7. The number of hydrogen-bond acceptors (Lipinski definition) is 2. The van der Waals surface area contributed by atoms with E-state index in [2.05, 4.69) is 20.9 Å². The molecule has 0 atom stereocenters. The van der Waals surface area contributed by atoms with Gasteiger partial charge in [0.1, 0.15) is 5.82 Å². The average Bonchev–Trinajstić information content (AvgIpc) is 2.48. The van der Waals surface area contributed by atoms with Crippen molar-refractivity contribution in [2.75, 3.05) is 6.54 Å². The highest BCUT2D eigenvalue weighted by Crippen LogP contribution is 2.20. The van der Waals surface area contributed by atoms with Crippen molar-refractivity contribution in [2.45, 2.75) is 13.5 Å². The van der Waals surface area contributed by atoms with Gasteiger partial charge in [0.05, 0.1) is 10.0 Å². The molecule has 1 amide bonds. The fourth-order valence-corrected chi connectivity index (χ4v) is 2.24. The van der Waals surface area contributed by atoms with Crippen LogP contribution in [0.3, 0.4) is 0 Å². The van der Waals surface area contributed by atoms with Crippen LogP contribution in [0.2, 0.25) is 0 Å². The minimum Gasteiger partial charge on any atom is -0.335 e. The second-order valence-electron chi connectivity index (χ2n) is 4.28. The maximum absolute atomic E-state index is 14.0. The lowest BCUT2D eigenvalue weighted by molar-refractivity contribution is 0.0747. The van der Waals surface area contributed by atoms with Crippen molar-refractivity contribution in [3.8, 4) is 0 Å². The molecule has 2 rings (SSSR count). The minimum absolute atomic E-state index is 0.0790. The highest BCUT2D eigenvalue weighted by molar-refractivity contribution is 9.10. The highest BCUT2D eigenvalue weighted by Gasteiger charge is 2.19. The van der Waals surface area contributed by atoms with E-state index in [1.54, 1.807) is 29.4 Å². The van der Waals surface area contributed by atoms with E-state index >= 15 is 0 Å². The number of carbonyl (C=O) groups excluding carboxylic acids is 1. The first-order valence-electron chi connectivity index (χ1n) is 6.25. The van der Waals surface area contributed by atoms with E-state index in [4.69, 9.17) is 0 Å². The van der Waals surface area contributed by atoms with Crippen molar-refractivity contribution in [2.24, 2.45) is 0 Å². The molecule has 0 unspecified atom stereocenters.